The topological polar surface area (TPSA) is 51.2 Å². The summed E-state index contributed by atoms with van der Waals surface area (Å²) < 4.78 is 31.5. The lowest BCUT2D eigenvalue weighted by Gasteiger charge is -2.36. The predicted octanol–water partition coefficient (Wildman–Crippen LogP) is 5.34. The molecule has 0 radical (unpaired) electrons. The molecule has 2 amide bonds. The molecule has 2 aromatic rings. The van der Waals surface area contributed by atoms with Gasteiger partial charge in [-0.2, -0.15) is 0 Å². The molecule has 180 valence electrons. The van der Waals surface area contributed by atoms with Gasteiger partial charge in [-0.3, -0.25) is 4.90 Å². The Bertz CT molecular complexity index is 926. The van der Waals surface area contributed by atoms with E-state index in [2.05, 4.69) is 0 Å². The second-order valence-corrected chi connectivity index (χ2v) is 8.66. The van der Waals surface area contributed by atoms with Gasteiger partial charge < -0.3 is 19.1 Å². The number of rotatable bonds is 8. The zero-order valence-corrected chi connectivity index (χ0v) is 20.3. The lowest BCUT2D eigenvalue weighted by molar-refractivity contribution is -0.0950. The first-order valence-electron chi connectivity index (χ1n) is 11.5. The predicted molar refractivity (Wildman–Crippen MR) is 127 cm³/mol. The Morgan fingerprint density at radius 1 is 1.15 bits per heavy atom. The average molecular weight is 459 g/mol. The first-order chi connectivity index (χ1) is 15.8. The zero-order chi connectivity index (χ0) is 24.0. The first-order valence-corrected chi connectivity index (χ1v) is 11.5. The maximum absolute atomic E-state index is 14.4. The highest BCUT2D eigenvalue weighted by Gasteiger charge is 2.35. The van der Waals surface area contributed by atoms with E-state index in [-0.39, 0.29) is 24.5 Å². The smallest absolute Gasteiger partial charge is 0.324 e. The number of amides is 2. The van der Waals surface area contributed by atoms with Gasteiger partial charge in [-0.15, -0.1) is 0 Å². The van der Waals surface area contributed by atoms with Gasteiger partial charge in [-0.1, -0.05) is 12.1 Å². The minimum absolute atomic E-state index is 0.0380. The van der Waals surface area contributed by atoms with Crippen LogP contribution in [0.3, 0.4) is 0 Å². The Labute approximate surface area is 196 Å². The van der Waals surface area contributed by atoms with Crippen molar-refractivity contribution in [2.24, 2.45) is 0 Å². The molecule has 33 heavy (non-hydrogen) atoms. The van der Waals surface area contributed by atoms with Crippen LogP contribution in [0.5, 0.6) is 5.75 Å². The summed E-state index contributed by atoms with van der Waals surface area (Å²) >= 11 is 0. The third kappa shape index (κ3) is 5.84. The number of methoxy groups -OCH3 is 1. The minimum Gasteiger partial charge on any atom is -0.489 e. The van der Waals surface area contributed by atoms with Gasteiger partial charge in [0.2, 0.25) is 0 Å². The van der Waals surface area contributed by atoms with Gasteiger partial charge >= 0.3 is 6.03 Å². The molecular weight excluding hydrogens is 423 g/mol. The van der Waals surface area contributed by atoms with E-state index in [0.717, 1.165) is 16.8 Å². The van der Waals surface area contributed by atoms with Crippen LogP contribution in [0.15, 0.2) is 42.5 Å². The van der Waals surface area contributed by atoms with Crippen molar-refractivity contribution >= 4 is 11.7 Å². The molecule has 3 rings (SSSR count). The third-order valence-corrected chi connectivity index (χ3v) is 6.31. The van der Waals surface area contributed by atoms with Crippen molar-refractivity contribution in [1.82, 2.24) is 4.90 Å². The van der Waals surface area contributed by atoms with E-state index in [1.165, 1.54) is 12.1 Å². The zero-order valence-electron chi connectivity index (χ0n) is 20.3. The summed E-state index contributed by atoms with van der Waals surface area (Å²) in [4.78, 5) is 16.2. The van der Waals surface area contributed by atoms with E-state index in [4.69, 9.17) is 14.2 Å². The second kappa shape index (κ2) is 11.0. The Hall–Kier alpha value is -2.64. The number of hydrogen-bond donors (Lipinski definition) is 0. The SMILES string of the molecule is CCN(C(=O)N(C)c1ccc(COc2cc(F)cc(C3(OC)CCOCC3)c2)cc1)C(C)C. The number of ether oxygens (including phenoxy) is 3. The molecule has 0 spiro atoms. The maximum atomic E-state index is 14.4. The summed E-state index contributed by atoms with van der Waals surface area (Å²) in [5.41, 5.74) is 1.94. The fourth-order valence-electron chi connectivity index (χ4n) is 4.23. The Morgan fingerprint density at radius 2 is 1.82 bits per heavy atom. The van der Waals surface area contributed by atoms with Crippen LogP contribution < -0.4 is 9.64 Å². The van der Waals surface area contributed by atoms with E-state index >= 15 is 0 Å². The number of halogens is 1. The molecule has 0 N–H and O–H groups in total. The van der Waals surface area contributed by atoms with Gasteiger partial charge in [0.1, 0.15) is 18.2 Å². The van der Waals surface area contributed by atoms with Gasteiger partial charge in [0.05, 0.1) is 5.60 Å². The summed E-state index contributed by atoms with van der Waals surface area (Å²) in [5.74, 6) is 0.103. The molecular formula is C26H35FN2O4. The van der Waals surface area contributed by atoms with Gasteiger partial charge in [0, 0.05) is 64.6 Å². The molecule has 2 aromatic carbocycles. The highest BCUT2D eigenvalue weighted by molar-refractivity contribution is 5.91. The molecule has 1 aliphatic rings. The Kier molecular flexibility index (Phi) is 8.32. The van der Waals surface area contributed by atoms with E-state index in [9.17, 15) is 9.18 Å². The third-order valence-electron chi connectivity index (χ3n) is 6.31. The molecule has 0 saturated carbocycles. The number of benzene rings is 2. The van der Waals surface area contributed by atoms with Crippen LogP contribution in [0, 0.1) is 5.82 Å². The van der Waals surface area contributed by atoms with E-state index < -0.39 is 5.60 Å². The fourth-order valence-corrected chi connectivity index (χ4v) is 4.23. The van der Waals surface area contributed by atoms with Crippen molar-refractivity contribution < 1.29 is 23.4 Å². The van der Waals surface area contributed by atoms with E-state index in [1.807, 2.05) is 56.0 Å². The van der Waals surface area contributed by atoms with Crippen molar-refractivity contribution in [2.75, 3.05) is 38.8 Å². The van der Waals surface area contributed by atoms with Gasteiger partial charge in [-0.05, 0) is 56.2 Å². The van der Waals surface area contributed by atoms with Crippen LogP contribution in [0.4, 0.5) is 14.9 Å². The molecule has 0 aliphatic carbocycles. The van der Waals surface area contributed by atoms with Crippen LogP contribution in [0.2, 0.25) is 0 Å². The van der Waals surface area contributed by atoms with Crippen LogP contribution in [-0.2, 0) is 21.7 Å². The number of urea groups is 1. The summed E-state index contributed by atoms with van der Waals surface area (Å²) in [6, 6.07) is 12.5. The van der Waals surface area contributed by atoms with E-state index in [0.29, 0.717) is 38.3 Å². The van der Waals surface area contributed by atoms with Crippen molar-refractivity contribution in [3.63, 3.8) is 0 Å². The van der Waals surface area contributed by atoms with Gasteiger partial charge in [-0.25, -0.2) is 9.18 Å². The highest BCUT2D eigenvalue weighted by Crippen LogP contribution is 2.37. The quantitative estimate of drug-likeness (QED) is 0.536. The largest absolute Gasteiger partial charge is 0.489 e. The number of carbonyl (C=O) groups excluding carboxylic acids is 1. The number of anilines is 1. The summed E-state index contributed by atoms with van der Waals surface area (Å²) in [6.45, 7) is 8.08. The van der Waals surface area contributed by atoms with Crippen molar-refractivity contribution in [3.05, 3.63) is 59.4 Å². The summed E-state index contributed by atoms with van der Waals surface area (Å²) in [7, 11) is 3.43. The number of nitrogens with zero attached hydrogens (tertiary/aromatic N) is 2. The average Bonchev–Trinajstić information content (AvgIpc) is 2.83. The molecule has 1 fully saturated rings. The minimum atomic E-state index is -0.556. The fraction of sp³-hybridized carbons (Fsp3) is 0.500. The molecule has 6 nitrogen and oxygen atoms in total. The second-order valence-electron chi connectivity index (χ2n) is 8.66. The molecule has 7 heteroatoms. The van der Waals surface area contributed by atoms with E-state index in [1.54, 1.807) is 19.1 Å². The summed E-state index contributed by atoms with van der Waals surface area (Å²) in [6.07, 6.45) is 1.35. The monoisotopic (exact) mass is 458 g/mol. The number of hydrogen-bond acceptors (Lipinski definition) is 4. The normalized spacial score (nSPS) is 15.4. The molecule has 0 bridgehead atoms. The van der Waals surface area contributed by atoms with Crippen LogP contribution in [-0.4, -0.2) is 50.9 Å². The molecule has 0 atom stereocenters. The number of carbonyl (C=O) groups is 1. The first kappa shape index (κ1) is 25.0. The van der Waals surface area contributed by atoms with Crippen LogP contribution in [0.1, 0.15) is 44.7 Å². The molecule has 0 aromatic heterocycles. The highest BCUT2D eigenvalue weighted by atomic mass is 19.1. The standard InChI is InChI=1S/C26H35FN2O4/c1-6-29(19(2)3)25(30)28(4)23-9-7-20(8-10-23)18-33-24-16-21(15-22(27)17-24)26(31-5)11-13-32-14-12-26/h7-10,15-17,19H,6,11-14,18H2,1-5H3. The van der Waals surface area contributed by atoms with Gasteiger partial charge in [0.25, 0.3) is 0 Å². The molecule has 0 unspecified atom stereocenters. The summed E-state index contributed by atoms with van der Waals surface area (Å²) in [5, 5.41) is 0. The van der Waals surface area contributed by atoms with Gasteiger partial charge in [0.15, 0.2) is 0 Å². The molecule has 1 heterocycles. The van der Waals surface area contributed by atoms with Crippen molar-refractivity contribution in [2.45, 2.75) is 51.9 Å². The molecule has 1 aliphatic heterocycles. The van der Waals surface area contributed by atoms with Crippen LogP contribution in [0.25, 0.3) is 0 Å². The van der Waals surface area contributed by atoms with Crippen molar-refractivity contribution in [1.29, 1.82) is 0 Å². The van der Waals surface area contributed by atoms with Crippen LogP contribution >= 0.6 is 0 Å². The maximum Gasteiger partial charge on any atom is 0.324 e. The lowest BCUT2D eigenvalue weighted by atomic mass is 9.86. The van der Waals surface area contributed by atoms with Crippen molar-refractivity contribution in [3.8, 4) is 5.75 Å². The molecule has 1 saturated heterocycles. The Morgan fingerprint density at radius 3 is 2.39 bits per heavy atom. The lowest BCUT2D eigenvalue weighted by Crippen LogP contribution is -2.44. The Balaban J connectivity index is 1.68.